The molecule has 0 radical (unpaired) electrons. The first kappa shape index (κ1) is 35.2. The molecule has 0 amide bonds. The summed E-state index contributed by atoms with van der Waals surface area (Å²) in [7, 11) is 0. The Morgan fingerprint density at radius 2 is 0.783 bits per heavy atom. The number of benzene rings is 8. The minimum atomic E-state index is -0.760. The maximum atomic E-state index is 7.40. The Balaban J connectivity index is 1.16. The van der Waals surface area contributed by atoms with Crippen molar-refractivity contribution in [2.24, 2.45) is 0 Å². The normalized spacial score (nSPS) is 12.6. The van der Waals surface area contributed by atoms with Gasteiger partial charge in [0.25, 0.3) is 0 Å². The highest BCUT2D eigenvalue weighted by Gasteiger charge is 2.47. The molecule has 0 aliphatic carbocycles. The Kier molecular flexibility index (Phi) is 8.63. The smallest absolute Gasteiger partial charge is 0.167 e. The maximum Gasteiger partial charge on any atom is 0.167 e. The van der Waals surface area contributed by atoms with E-state index in [1.165, 1.54) is 0 Å². The molecular formula is C55H36N4O. The SMILES string of the molecule is c1ccc(-c2nc(-c3ccccc3)nc(-c3cccc4c3Oc3c(-c5ccc(-c6cccc7cccnc67)cc5)cccc3C4(c3ccccc3)c3ccccc3)n2)cc1. The number of ether oxygens (including phenoxy) is 1. The van der Waals surface area contributed by atoms with Gasteiger partial charge in [0.1, 0.15) is 11.5 Å². The van der Waals surface area contributed by atoms with Crippen LogP contribution in [0.25, 0.3) is 67.3 Å². The van der Waals surface area contributed by atoms with Crippen LogP contribution in [0.5, 0.6) is 11.5 Å². The standard InChI is InChI=1S/C55H36N4O/c1-5-17-40(18-6-1)52-57-53(41-19-7-2-8-20-41)59-54(58-52)46-29-15-31-48-51(46)60-50-45(38-34-32-37(33-35-38)44-27-13-21-39-22-16-36-56-49(39)44)28-14-30-47(50)55(48,42-23-9-3-10-24-42)43-25-11-4-12-26-43/h1-36H. The summed E-state index contributed by atoms with van der Waals surface area (Å²) in [5.41, 5.74) is 11.3. The van der Waals surface area contributed by atoms with E-state index < -0.39 is 5.41 Å². The third-order valence-electron chi connectivity index (χ3n) is 11.5. The van der Waals surface area contributed by atoms with Gasteiger partial charge in [-0.15, -0.1) is 0 Å². The molecular weight excluding hydrogens is 733 g/mol. The van der Waals surface area contributed by atoms with Crippen molar-refractivity contribution in [3.8, 4) is 67.9 Å². The van der Waals surface area contributed by atoms with E-state index in [0.29, 0.717) is 23.2 Å². The fourth-order valence-corrected chi connectivity index (χ4v) is 8.80. The predicted molar refractivity (Wildman–Crippen MR) is 241 cm³/mol. The lowest BCUT2D eigenvalue weighted by Gasteiger charge is -2.42. The van der Waals surface area contributed by atoms with Crippen molar-refractivity contribution < 1.29 is 4.74 Å². The molecule has 8 aromatic carbocycles. The number of fused-ring (bicyclic) bond motifs is 3. The van der Waals surface area contributed by atoms with Gasteiger partial charge in [-0.1, -0.05) is 200 Å². The zero-order valence-electron chi connectivity index (χ0n) is 32.5. The van der Waals surface area contributed by atoms with Crippen molar-refractivity contribution >= 4 is 10.9 Å². The molecule has 0 fully saturated rings. The van der Waals surface area contributed by atoms with Crippen molar-refractivity contribution in [1.29, 1.82) is 0 Å². The quantitative estimate of drug-likeness (QED) is 0.162. The van der Waals surface area contributed by atoms with Crippen molar-refractivity contribution in [3.63, 3.8) is 0 Å². The number of hydrogen-bond donors (Lipinski definition) is 0. The Hall–Kier alpha value is -8.02. The number of nitrogens with zero attached hydrogens (tertiary/aromatic N) is 4. The minimum absolute atomic E-state index is 0.531. The molecule has 0 saturated carbocycles. The van der Waals surface area contributed by atoms with Crippen LogP contribution in [0.2, 0.25) is 0 Å². The molecule has 11 rings (SSSR count). The van der Waals surface area contributed by atoms with Crippen LogP contribution >= 0.6 is 0 Å². The molecule has 0 bridgehead atoms. The lowest BCUT2D eigenvalue weighted by atomic mass is 9.63. The number of para-hydroxylation sites is 3. The van der Waals surface area contributed by atoms with E-state index in [9.17, 15) is 0 Å². The highest BCUT2D eigenvalue weighted by Crippen LogP contribution is 2.59. The fraction of sp³-hybridized carbons (Fsp3) is 0.0182. The molecule has 1 aliphatic heterocycles. The van der Waals surface area contributed by atoms with Crippen LogP contribution < -0.4 is 4.74 Å². The van der Waals surface area contributed by atoms with Gasteiger partial charge in [0.05, 0.1) is 16.5 Å². The van der Waals surface area contributed by atoms with Gasteiger partial charge in [-0.05, 0) is 34.4 Å². The fourth-order valence-electron chi connectivity index (χ4n) is 8.80. The monoisotopic (exact) mass is 768 g/mol. The highest BCUT2D eigenvalue weighted by molar-refractivity contribution is 5.94. The molecule has 0 N–H and O–H groups in total. The van der Waals surface area contributed by atoms with E-state index >= 15 is 0 Å². The van der Waals surface area contributed by atoms with Gasteiger partial charge in [0.2, 0.25) is 0 Å². The predicted octanol–water partition coefficient (Wildman–Crippen LogP) is 13.2. The zero-order valence-corrected chi connectivity index (χ0v) is 32.5. The van der Waals surface area contributed by atoms with E-state index in [4.69, 9.17) is 24.7 Å². The van der Waals surface area contributed by atoms with Crippen LogP contribution in [0, 0.1) is 0 Å². The minimum Gasteiger partial charge on any atom is -0.455 e. The van der Waals surface area contributed by atoms with E-state index in [1.54, 1.807) is 0 Å². The summed E-state index contributed by atoms with van der Waals surface area (Å²) in [6.07, 6.45) is 1.85. The van der Waals surface area contributed by atoms with Gasteiger partial charge in [-0.3, -0.25) is 4.98 Å². The van der Waals surface area contributed by atoms with E-state index in [2.05, 4.69) is 146 Å². The van der Waals surface area contributed by atoms with E-state index in [1.807, 2.05) is 72.9 Å². The van der Waals surface area contributed by atoms with Crippen molar-refractivity contribution in [3.05, 3.63) is 241 Å². The molecule has 1 aliphatic rings. The molecule has 0 unspecified atom stereocenters. The summed E-state index contributed by atoms with van der Waals surface area (Å²) >= 11 is 0. The number of hydrogen-bond acceptors (Lipinski definition) is 5. The van der Waals surface area contributed by atoms with Crippen LogP contribution in [0.15, 0.2) is 219 Å². The third-order valence-corrected chi connectivity index (χ3v) is 11.5. The topological polar surface area (TPSA) is 60.8 Å². The van der Waals surface area contributed by atoms with Crippen molar-refractivity contribution in [2.45, 2.75) is 5.41 Å². The molecule has 10 aromatic rings. The Morgan fingerprint density at radius 3 is 1.37 bits per heavy atom. The van der Waals surface area contributed by atoms with Crippen LogP contribution in [-0.2, 0) is 5.41 Å². The van der Waals surface area contributed by atoms with Crippen LogP contribution in [0.3, 0.4) is 0 Å². The summed E-state index contributed by atoms with van der Waals surface area (Å²) in [5.74, 6) is 3.20. The summed E-state index contributed by atoms with van der Waals surface area (Å²) < 4.78 is 7.40. The zero-order chi connectivity index (χ0) is 39.9. The number of rotatable bonds is 7. The van der Waals surface area contributed by atoms with Crippen LogP contribution in [0.4, 0.5) is 0 Å². The van der Waals surface area contributed by atoms with Gasteiger partial charge < -0.3 is 4.74 Å². The number of aromatic nitrogens is 4. The molecule has 282 valence electrons. The lowest BCUT2D eigenvalue weighted by molar-refractivity contribution is 0.437. The second-order valence-electron chi connectivity index (χ2n) is 14.9. The molecule has 60 heavy (non-hydrogen) atoms. The maximum absolute atomic E-state index is 7.40. The van der Waals surface area contributed by atoms with Crippen molar-refractivity contribution in [2.75, 3.05) is 0 Å². The van der Waals surface area contributed by atoms with Crippen LogP contribution in [-0.4, -0.2) is 19.9 Å². The van der Waals surface area contributed by atoms with Crippen LogP contribution in [0.1, 0.15) is 22.3 Å². The molecule has 5 nitrogen and oxygen atoms in total. The van der Waals surface area contributed by atoms with Gasteiger partial charge in [-0.25, -0.2) is 15.0 Å². The van der Waals surface area contributed by atoms with Crippen molar-refractivity contribution in [1.82, 2.24) is 19.9 Å². The van der Waals surface area contributed by atoms with E-state index in [-0.39, 0.29) is 0 Å². The Bertz CT molecular complexity index is 3050. The van der Waals surface area contributed by atoms with Gasteiger partial charge in [0, 0.05) is 45.0 Å². The summed E-state index contributed by atoms with van der Waals surface area (Å²) in [4.78, 5) is 20.1. The first-order valence-electron chi connectivity index (χ1n) is 20.1. The lowest BCUT2D eigenvalue weighted by Crippen LogP contribution is -2.34. The molecule has 0 saturated heterocycles. The highest BCUT2D eigenvalue weighted by atomic mass is 16.5. The summed E-state index contributed by atoms with van der Waals surface area (Å²) in [6, 6.07) is 73.7. The molecule has 0 atom stereocenters. The first-order valence-corrected chi connectivity index (χ1v) is 20.1. The summed E-state index contributed by atoms with van der Waals surface area (Å²) in [5, 5.41) is 1.11. The summed E-state index contributed by atoms with van der Waals surface area (Å²) in [6.45, 7) is 0. The van der Waals surface area contributed by atoms with E-state index in [0.717, 1.165) is 77.9 Å². The molecule has 3 heterocycles. The Morgan fingerprint density at radius 1 is 0.333 bits per heavy atom. The van der Waals surface area contributed by atoms with Gasteiger partial charge >= 0.3 is 0 Å². The second kappa shape index (κ2) is 14.7. The van der Waals surface area contributed by atoms with Gasteiger partial charge in [-0.2, -0.15) is 0 Å². The third kappa shape index (κ3) is 5.87. The van der Waals surface area contributed by atoms with Gasteiger partial charge in [0.15, 0.2) is 17.5 Å². The number of pyridine rings is 1. The molecule has 0 spiro atoms. The molecule has 5 heteroatoms. The second-order valence-corrected chi connectivity index (χ2v) is 14.9. The Labute approximate surface area is 348 Å². The first-order chi connectivity index (χ1) is 29.8. The average molecular weight is 769 g/mol. The molecule has 2 aromatic heterocycles. The largest absolute Gasteiger partial charge is 0.455 e. The average Bonchev–Trinajstić information content (AvgIpc) is 3.34.